The van der Waals surface area contributed by atoms with Crippen molar-refractivity contribution in [2.45, 2.75) is 19.4 Å². The van der Waals surface area contributed by atoms with Crippen molar-refractivity contribution in [2.24, 2.45) is 11.8 Å². The second kappa shape index (κ2) is 8.03. The highest BCUT2D eigenvalue weighted by Gasteiger charge is 2.44. The Kier molecular flexibility index (Phi) is 5.43. The maximum absolute atomic E-state index is 13.6. The third-order valence-electron chi connectivity index (χ3n) is 5.73. The van der Waals surface area contributed by atoms with Crippen LogP contribution in [0.4, 0.5) is 11.4 Å². The molecule has 1 heterocycles. The van der Waals surface area contributed by atoms with E-state index in [1.807, 2.05) is 37.3 Å². The van der Waals surface area contributed by atoms with Crippen molar-refractivity contribution in [3.8, 4) is 5.75 Å². The summed E-state index contributed by atoms with van der Waals surface area (Å²) < 4.78 is 10.2. The molecule has 0 fully saturated rings. The second-order valence-electron chi connectivity index (χ2n) is 7.58. The lowest BCUT2D eigenvalue weighted by molar-refractivity contribution is -0.151. The zero-order chi connectivity index (χ0) is 21.4. The summed E-state index contributed by atoms with van der Waals surface area (Å²) in [5.74, 6) is -1.21. The van der Waals surface area contributed by atoms with Gasteiger partial charge in [-0.2, -0.15) is 0 Å². The number of ether oxygens (including phenoxy) is 2. The summed E-state index contributed by atoms with van der Waals surface area (Å²) in [6, 6.07) is 12.7. The molecule has 156 valence electrons. The molecule has 0 aromatic heterocycles. The lowest BCUT2D eigenvalue weighted by Gasteiger charge is -2.32. The van der Waals surface area contributed by atoms with Gasteiger partial charge in [0, 0.05) is 11.3 Å². The molecule has 3 atom stereocenters. The minimum absolute atomic E-state index is 0.179. The zero-order valence-corrected chi connectivity index (χ0v) is 17.7. The number of Topliss-reactive ketones (excluding diaryl/α,β-unsaturated/α-hetero) is 1. The van der Waals surface area contributed by atoms with E-state index in [4.69, 9.17) is 21.1 Å². The largest absolute Gasteiger partial charge is 0.495 e. The number of anilines is 2. The molecule has 0 saturated heterocycles. The summed E-state index contributed by atoms with van der Waals surface area (Å²) in [5.41, 5.74) is 3.88. The van der Waals surface area contributed by atoms with Crippen molar-refractivity contribution in [1.82, 2.24) is 0 Å². The van der Waals surface area contributed by atoms with Crippen LogP contribution in [0, 0.1) is 11.8 Å². The molecule has 0 radical (unpaired) electrons. The highest BCUT2D eigenvalue weighted by atomic mass is 35.5. The number of benzene rings is 2. The van der Waals surface area contributed by atoms with E-state index in [0.717, 1.165) is 22.6 Å². The van der Waals surface area contributed by atoms with E-state index in [1.54, 1.807) is 19.2 Å². The number of fused-ring (bicyclic) bond motifs is 1. The lowest BCUT2D eigenvalue weighted by atomic mass is 9.75. The fraction of sp³-hybridized carbons (Fsp3) is 0.304. The average Bonchev–Trinajstić information content (AvgIpc) is 2.90. The van der Waals surface area contributed by atoms with Gasteiger partial charge < -0.3 is 20.1 Å². The van der Waals surface area contributed by atoms with E-state index in [9.17, 15) is 9.59 Å². The van der Waals surface area contributed by atoms with Crippen molar-refractivity contribution in [1.29, 1.82) is 0 Å². The molecule has 2 aromatic rings. The van der Waals surface area contributed by atoms with E-state index >= 15 is 0 Å². The van der Waals surface area contributed by atoms with Crippen molar-refractivity contribution in [3.63, 3.8) is 0 Å². The normalized spacial score (nSPS) is 22.8. The molecule has 30 heavy (non-hydrogen) atoms. The smallest absolute Gasteiger partial charge is 0.316 e. The predicted molar refractivity (Wildman–Crippen MR) is 116 cm³/mol. The number of nitrogens with one attached hydrogen (secondary N) is 2. The number of methoxy groups -OCH3 is 2. The van der Waals surface area contributed by atoms with Crippen molar-refractivity contribution in [2.75, 3.05) is 24.9 Å². The summed E-state index contributed by atoms with van der Waals surface area (Å²) in [6.45, 7) is 1.90. The minimum Gasteiger partial charge on any atom is -0.495 e. The van der Waals surface area contributed by atoms with Gasteiger partial charge in [0.1, 0.15) is 11.7 Å². The van der Waals surface area contributed by atoms with Gasteiger partial charge in [0.2, 0.25) is 0 Å². The number of esters is 1. The Hall–Kier alpha value is -2.99. The summed E-state index contributed by atoms with van der Waals surface area (Å²) in [7, 11) is 2.87. The summed E-state index contributed by atoms with van der Waals surface area (Å²) in [4.78, 5) is 26.0. The highest BCUT2D eigenvalue weighted by molar-refractivity contribution is 6.32. The number of hydrogen-bond donors (Lipinski definition) is 2. The number of ketones is 1. The molecule has 0 unspecified atom stereocenters. The molecule has 6 nitrogen and oxygen atoms in total. The Morgan fingerprint density at radius 3 is 2.53 bits per heavy atom. The summed E-state index contributed by atoms with van der Waals surface area (Å²) >= 11 is 6.38. The van der Waals surface area contributed by atoms with E-state index in [1.165, 1.54) is 7.11 Å². The molecule has 7 heteroatoms. The summed E-state index contributed by atoms with van der Waals surface area (Å²) in [6.07, 6.45) is 0.553. The van der Waals surface area contributed by atoms with E-state index in [2.05, 4.69) is 10.6 Å². The van der Waals surface area contributed by atoms with Gasteiger partial charge in [-0.25, -0.2) is 0 Å². The van der Waals surface area contributed by atoms with E-state index in [0.29, 0.717) is 22.8 Å². The number of para-hydroxylation sites is 2. The first-order valence-electron chi connectivity index (χ1n) is 9.75. The van der Waals surface area contributed by atoms with Crippen LogP contribution in [0.1, 0.15) is 24.9 Å². The average molecular weight is 427 g/mol. The Morgan fingerprint density at radius 1 is 1.13 bits per heavy atom. The Bertz CT molecular complexity index is 1050. The zero-order valence-electron chi connectivity index (χ0n) is 17.0. The van der Waals surface area contributed by atoms with Crippen LogP contribution in [0.2, 0.25) is 5.02 Å². The van der Waals surface area contributed by atoms with Gasteiger partial charge in [0.15, 0.2) is 5.78 Å². The second-order valence-corrected chi connectivity index (χ2v) is 7.99. The number of halogens is 1. The van der Waals surface area contributed by atoms with Crippen LogP contribution in [-0.2, 0) is 14.3 Å². The van der Waals surface area contributed by atoms with Crippen LogP contribution in [0.5, 0.6) is 5.75 Å². The molecule has 1 aliphatic heterocycles. The Labute approximate surface area is 180 Å². The molecule has 0 bridgehead atoms. The summed E-state index contributed by atoms with van der Waals surface area (Å²) in [5, 5.41) is 7.34. The topological polar surface area (TPSA) is 76.7 Å². The van der Waals surface area contributed by atoms with Gasteiger partial charge in [-0.05, 0) is 42.2 Å². The number of allylic oxidation sites excluding steroid dienone is 1. The number of hydrogen-bond acceptors (Lipinski definition) is 6. The molecule has 2 aromatic carbocycles. The van der Waals surface area contributed by atoms with Gasteiger partial charge in [-0.15, -0.1) is 0 Å². The molecule has 4 rings (SSSR count). The highest BCUT2D eigenvalue weighted by Crippen LogP contribution is 2.44. The van der Waals surface area contributed by atoms with Crippen LogP contribution in [0.3, 0.4) is 0 Å². The van der Waals surface area contributed by atoms with Crippen LogP contribution in [-0.4, -0.2) is 26.0 Å². The molecule has 2 aliphatic rings. The van der Waals surface area contributed by atoms with E-state index < -0.39 is 17.9 Å². The molecule has 0 amide bonds. The molecule has 1 aliphatic carbocycles. The van der Waals surface area contributed by atoms with Crippen molar-refractivity contribution >= 4 is 34.7 Å². The first-order chi connectivity index (χ1) is 14.4. The Morgan fingerprint density at radius 2 is 1.87 bits per heavy atom. The third kappa shape index (κ3) is 3.41. The first-order valence-corrected chi connectivity index (χ1v) is 10.1. The van der Waals surface area contributed by atoms with Gasteiger partial charge in [-0.1, -0.05) is 36.7 Å². The number of rotatable bonds is 3. The number of carbonyl (C=O) groups excluding carboxylic acids is 2. The lowest BCUT2D eigenvalue weighted by Crippen LogP contribution is -2.39. The monoisotopic (exact) mass is 426 g/mol. The first kappa shape index (κ1) is 20.3. The fourth-order valence-corrected chi connectivity index (χ4v) is 4.51. The van der Waals surface area contributed by atoms with Gasteiger partial charge >= 0.3 is 5.97 Å². The molecule has 2 N–H and O–H groups in total. The number of carbonyl (C=O) groups is 2. The van der Waals surface area contributed by atoms with Crippen molar-refractivity contribution < 1.29 is 19.1 Å². The maximum atomic E-state index is 13.6. The van der Waals surface area contributed by atoms with Crippen LogP contribution in [0.15, 0.2) is 53.7 Å². The van der Waals surface area contributed by atoms with Gasteiger partial charge in [-0.3, -0.25) is 9.59 Å². The van der Waals surface area contributed by atoms with Crippen LogP contribution in [0.25, 0.3) is 0 Å². The predicted octanol–water partition coefficient (Wildman–Crippen LogP) is 4.58. The van der Waals surface area contributed by atoms with E-state index in [-0.39, 0.29) is 11.7 Å². The fourth-order valence-electron chi connectivity index (χ4n) is 4.25. The third-order valence-corrected chi connectivity index (χ3v) is 6.03. The standard InChI is InChI=1S/C23H23ClN2O4/c1-12-10-17-20(22(27)19(12)23(28)30-3)21(13-8-9-18(29-2)14(24)11-13)26-16-7-5-4-6-15(16)25-17/h4-9,11-12,19,21,25-26H,10H2,1-3H3/t12-,19-,21-/m1/s1. The Balaban J connectivity index is 1.87. The van der Waals surface area contributed by atoms with Gasteiger partial charge in [0.05, 0.1) is 36.7 Å². The molecular weight excluding hydrogens is 404 g/mol. The maximum Gasteiger partial charge on any atom is 0.316 e. The minimum atomic E-state index is -0.838. The van der Waals surface area contributed by atoms with Crippen molar-refractivity contribution in [3.05, 3.63) is 64.3 Å². The molecule has 0 saturated carbocycles. The van der Waals surface area contributed by atoms with Crippen LogP contribution < -0.4 is 15.4 Å². The molecular formula is C23H23ClN2O4. The quantitative estimate of drug-likeness (QED) is 0.552. The van der Waals surface area contributed by atoms with Gasteiger partial charge in [0.25, 0.3) is 0 Å². The van der Waals surface area contributed by atoms with Crippen LogP contribution >= 0.6 is 11.6 Å². The molecule has 0 spiro atoms. The SMILES string of the molecule is COC(=O)[C@H]1C(=O)C2=C(C[C@H]1C)Nc1ccccc1N[C@@H]2c1ccc(OC)c(Cl)c1.